The number of aromatic hydroxyl groups is 1. The smallest absolute Gasteiger partial charge is 0.326 e. The Balaban J connectivity index is 3.41. The lowest BCUT2D eigenvalue weighted by molar-refractivity contribution is -0.142. The minimum Gasteiger partial charge on any atom is -0.508 e. The lowest BCUT2D eigenvalue weighted by Crippen LogP contribution is -2.60. The topological polar surface area (TPSA) is 266 Å². The number of phenols is 1. The molecular formula is C36H58N6O10S. The molecule has 5 amide bonds. The maximum absolute atomic E-state index is 13.8. The molecule has 17 heteroatoms. The summed E-state index contributed by atoms with van der Waals surface area (Å²) in [4.78, 5) is 90.7. The normalized spacial score (nSPS) is 14.7. The molecule has 0 heterocycles. The maximum Gasteiger partial charge on any atom is 0.326 e. The summed E-state index contributed by atoms with van der Waals surface area (Å²) >= 11 is 1.41. The lowest BCUT2D eigenvalue weighted by atomic mass is 9.99. The van der Waals surface area contributed by atoms with E-state index in [4.69, 9.17) is 5.73 Å². The second-order valence-corrected chi connectivity index (χ2v) is 15.2. The first-order valence-corrected chi connectivity index (χ1v) is 19.1. The summed E-state index contributed by atoms with van der Waals surface area (Å²) in [5.74, 6) is -6.30. The van der Waals surface area contributed by atoms with Gasteiger partial charge in [0.25, 0.3) is 0 Å². The first kappa shape index (κ1) is 46.6. The zero-order valence-corrected chi connectivity index (χ0v) is 32.5. The minimum absolute atomic E-state index is 0.0468. The molecule has 6 atom stereocenters. The monoisotopic (exact) mass is 766 g/mol. The van der Waals surface area contributed by atoms with Crippen molar-refractivity contribution in [3.05, 3.63) is 29.8 Å². The van der Waals surface area contributed by atoms with Gasteiger partial charge in [-0.2, -0.15) is 11.8 Å². The van der Waals surface area contributed by atoms with Gasteiger partial charge in [-0.15, -0.1) is 0 Å². The van der Waals surface area contributed by atoms with Gasteiger partial charge in [-0.25, -0.2) is 4.79 Å². The van der Waals surface area contributed by atoms with Crippen LogP contribution in [0.4, 0.5) is 0 Å². The number of nitrogens with one attached hydrogen (secondary N) is 5. The van der Waals surface area contributed by atoms with Crippen molar-refractivity contribution in [2.24, 2.45) is 23.5 Å². The van der Waals surface area contributed by atoms with Crippen LogP contribution in [0.25, 0.3) is 0 Å². The first-order chi connectivity index (χ1) is 24.7. The second kappa shape index (κ2) is 23.3. The summed E-state index contributed by atoms with van der Waals surface area (Å²) in [6, 6.07) is -1.43. The van der Waals surface area contributed by atoms with Crippen molar-refractivity contribution < 1.29 is 48.9 Å². The molecule has 0 fully saturated rings. The van der Waals surface area contributed by atoms with Crippen molar-refractivity contribution in [1.29, 1.82) is 0 Å². The molecule has 0 bridgehead atoms. The van der Waals surface area contributed by atoms with Gasteiger partial charge in [0, 0.05) is 12.8 Å². The highest BCUT2D eigenvalue weighted by atomic mass is 32.2. The molecule has 298 valence electrons. The fourth-order valence-electron chi connectivity index (χ4n) is 5.30. The molecule has 10 N–H and O–H groups in total. The standard InChI is InChI=1S/C36H58N6O10S/c1-19(2)16-24(37)31(46)40-27(17-20(3)4)33(48)38-25(12-13-29(44)45)32(47)41-28(18-22-8-10-23(43)11-9-22)34(49)42-30(21(5)6)35(50)39-26(36(51)52)14-15-53-7/h8-11,19-21,24-28,30,43H,12-18,37H2,1-7H3,(H,38,48)(H,39,50)(H,40,46)(H,41,47)(H,42,49)(H,44,45)(H,51,52)/t24-,25-,26-,27-,28-,30-/m0/s1. The molecule has 0 saturated heterocycles. The number of amides is 5. The van der Waals surface area contributed by atoms with E-state index in [9.17, 15) is 48.9 Å². The SMILES string of the molecule is CSCC[C@H](NC(=O)[C@@H](NC(=O)[C@H](Cc1ccc(O)cc1)NC(=O)[C@H](CCC(=O)O)NC(=O)[C@H](CC(C)C)NC(=O)[C@@H](N)CC(C)C)C(C)C)C(=O)O. The molecule has 0 unspecified atom stereocenters. The van der Waals surface area contributed by atoms with E-state index >= 15 is 0 Å². The Bertz CT molecular complexity index is 1390. The number of carboxylic acid groups (broad SMARTS) is 2. The van der Waals surface area contributed by atoms with E-state index in [0.29, 0.717) is 17.7 Å². The number of carboxylic acids is 2. The maximum atomic E-state index is 13.8. The molecule has 0 spiro atoms. The van der Waals surface area contributed by atoms with Crippen molar-refractivity contribution in [2.75, 3.05) is 12.0 Å². The summed E-state index contributed by atoms with van der Waals surface area (Å²) < 4.78 is 0. The summed E-state index contributed by atoms with van der Waals surface area (Å²) in [5, 5.41) is 41.7. The third kappa shape index (κ3) is 17.8. The molecule has 1 aromatic carbocycles. The van der Waals surface area contributed by atoms with Crippen LogP contribution in [0, 0.1) is 17.8 Å². The summed E-state index contributed by atoms with van der Waals surface area (Å²) in [6.45, 7) is 10.8. The van der Waals surface area contributed by atoms with E-state index in [1.54, 1.807) is 20.1 Å². The van der Waals surface area contributed by atoms with Crippen LogP contribution in [0.15, 0.2) is 24.3 Å². The van der Waals surface area contributed by atoms with Gasteiger partial charge in [-0.3, -0.25) is 28.8 Å². The number of nitrogens with two attached hydrogens (primary N) is 1. The van der Waals surface area contributed by atoms with Crippen LogP contribution >= 0.6 is 11.8 Å². The number of hydrogen-bond acceptors (Lipinski definition) is 10. The van der Waals surface area contributed by atoms with E-state index in [-0.39, 0.29) is 43.3 Å². The number of hydrogen-bond donors (Lipinski definition) is 9. The van der Waals surface area contributed by atoms with Gasteiger partial charge in [0.15, 0.2) is 0 Å². The molecule has 0 radical (unpaired) electrons. The predicted molar refractivity (Wildman–Crippen MR) is 201 cm³/mol. The fourth-order valence-corrected chi connectivity index (χ4v) is 5.77. The Morgan fingerprint density at radius 2 is 1.17 bits per heavy atom. The highest BCUT2D eigenvalue weighted by Crippen LogP contribution is 2.14. The van der Waals surface area contributed by atoms with E-state index in [1.165, 1.54) is 36.0 Å². The van der Waals surface area contributed by atoms with Crippen LogP contribution in [-0.2, 0) is 40.0 Å². The number of phenolic OH excluding ortho intramolecular Hbond substituents is 1. The molecule has 0 aliphatic carbocycles. The van der Waals surface area contributed by atoms with E-state index in [2.05, 4.69) is 26.6 Å². The molecule has 0 aromatic heterocycles. The zero-order valence-electron chi connectivity index (χ0n) is 31.6. The number of aliphatic carboxylic acids is 2. The van der Waals surface area contributed by atoms with Gasteiger partial charge in [0.05, 0.1) is 6.04 Å². The van der Waals surface area contributed by atoms with E-state index in [0.717, 1.165) is 0 Å². The minimum atomic E-state index is -1.46. The molecular weight excluding hydrogens is 708 g/mol. The Kier molecular flexibility index (Phi) is 20.5. The van der Waals surface area contributed by atoms with Crippen LogP contribution in [0.3, 0.4) is 0 Å². The Morgan fingerprint density at radius 1 is 0.660 bits per heavy atom. The Labute approximate surface area is 315 Å². The summed E-state index contributed by atoms with van der Waals surface area (Å²) in [5.41, 5.74) is 6.53. The van der Waals surface area contributed by atoms with Gasteiger partial charge in [0.1, 0.15) is 36.0 Å². The van der Waals surface area contributed by atoms with Crippen molar-refractivity contribution >= 4 is 53.2 Å². The average Bonchev–Trinajstić information content (AvgIpc) is 3.06. The third-order valence-corrected chi connectivity index (χ3v) is 8.81. The summed E-state index contributed by atoms with van der Waals surface area (Å²) in [7, 11) is 0. The van der Waals surface area contributed by atoms with Gasteiger partial charge in [-0.1, -0.05) is 53.7 Å². The number of rotatable bonds is 24. The Hall–Kier alpha value is -4.38. The van der Waals surface area contributed by atoms with Gasteiger partial charge >= 0.3 is 11.9 Å². The number of carbonyl (C=O) groups excluding carboxylic acids is 5. The third-order valence-electron chi connectivity index (χ3n) is 8.16. The molecule has 0 aliphatic heterocycles. The highest BCUT2D eigenvalue weighted by Gasteiger charge is 2.34. The van der Waals surface area contributed by atoms with Crippen LogP contribution in [0.1, 0.15) is 79.2 Å². The highest BCUT2D eigenvalue weighted by molar-refractivity contribution is 7.98. The zero-order chi connectivity index (χ0) is 40.4. The van der Waals surface area contributed by atoms with Gasteiger partial charge in [-0.05, 0) is 73.1 Å². The van der Waals surface area contributed by atoms with Gasteiger partial charge in [0.2, 0.25) is 29.5 Å². The Morgan fingerprint density at radius 3 is 1.68 bits per heavy atom. The average molecular weight is 767 g/mol. The van der Waals surface area contributed by atoms with Crippen molar-refractivity contribution in [3.63, 3.8) is 0 Å². The largest absolute Gasteiger partial charge is 0.508 e. The van der Waals surface area contributed by atoms with E-state index in [1.807, 2.05) is 27.7 Å². The van der Waals surface area contributed by atoms with Crippen molar-refractivity contribution in [2.45, 2.75) is 116 Å². The lowest BCUT2D eigenvalue weighted by Gasteiger charge is -2.28. The fraction of sp³-hybridized carbons (Fsp3) is 0.639. The molecule has 16 nitrogen and oxygen atoms in total. The molecule has 1 rings (SSSR count). The molecule has 1 aromatic rings. The molecule has 53 heavy (non-hydrogen) atoms. The molecule has 0 saturated carbocycles. The quantitative estimate of drug-likeness (QED) is 0.0717. The van der Waals surface area contributed by atoms with Crippen molar-refractivity contribution in [1.82, 2.24) is 26.6 Å². The first-order valence-electron chi connectivity index (χ1n) is 17.7. The van der Waals surface area contributed by atoms with Crippen LogP contribution in [-0.4, -0.2) is 105 Å². The molecule has 0 aliphatic rings. The van der Waals surface area contributed by atoms with Crippen LogP contribution in [0.5, 0.6) is 5.75 Å². The second-order valence-electron chi connectivity index (χ2n) is 14.3. The van der Waals surface area contributed by atoms with Gasteiger partial charge < -0.3 is 47.6 Å². The number of carbonyl (C=O) groups is 7. The van der Waals surface area contributed by atoms with Crippen molar-refractivity contribution in [3.8, 4) is 5.75 Å². The van der Waals surface area contributed by atoms with Crippen LogP contribution in [0.2, 0.25) is 0 Å². The summed E-state index contributed by atoms with van der Waals surface area (Å²) in [6.07, 6.45) is 1.47. The number of benzene rings is 1. The predicted octanol–water partition coefficient (Wildman–Crippen LogP) is 1.14. The van der Waals surface area contributed by atoms with E-state index < -0.39 is 90.1 Å². The van der Waals surface area contributed by atoms with Crippen LogP contribution < -0.4 is 32.3 Å². The number of thioether (sulfide) groups is 1.